The van der Waals surface area contributed by atoms with Crippen molar-refractivity contribution < 1.29 is 62.9 Å². The number of carbonyl (C=O) groups is 4. The van der Waals surface area contributed by atoms with Crippen molar-refractivity contribution in [1.29, 1.82) is 0 Å². The second-order valence-corrected chi connectivity index (χ2v) is 14.6. The van der Waals surface area contributed by atoms with Crippen molar-refractivity contribution in [2.45, 2.75) is 91.3 Å². The van der Waals surface area contributed by atoms with E-state index in [1.54, 1.807) is 62.5 Å². The van der Waals surface area contributed by atoms with Gasteiger partial charge in [0.1, 0.15) is 34.7 Å². The van der Waals surface area contributed by atoms with Gasteiger partial charge in [-0.25, -0.2) is 14.4 Å². The molecule has 0 fully saturated rings. The van der Waals surface area contributed by atoms with E-state index in [2.05, 4.69) is 0 Å². The minimum atomic E-state index is -1.70. The highest BCUT2D eigenvalue weighted by atomic mass is 16.6. The number of benzene rings is 1. The van der Waals surface area contributed by atoms with Crippen LogP contribution in [-0.4, -0.2) is 133 Å². The van der Waals surface area contributed by atoms with Gasteiger partial charge in [-0.15, -0.1) is 0 Å². The molecule has 15 heteroatoms. The highest BCUT2D eigenvalue weighted by Gasteiger charge is 2.30. The van der Waals surface area contributed by atoms with Crippen LogP contribution in [0.25, 0.3) is 6.08 Å². The number of nitrogens with zero attached hydrogens (tertiary/aromatic N) is 2. The number of rotatable bonds is 13. The Kier molecular flexibility index (Phi) is 17.9. The average molecular weight is 751 g/mol. The third-order valence-corrected chi connectivity index (χ3v) is 7.75. The Hall–Kier alpha value is -4.02. The van der Waals surface area contributed by atoms with Gasteiger partial charge in [0.25, 0.3) is 0 Å². The number of phenols is 1. The molecule has 0 radical (unpaired) electrons. The smallest absolute Gasteiger partial charge is 0.414 e. The number of amides is 2. The number of aromatic hydroxyl groups is 1. The summed E-state index contributed by atoms with van der Waals surface area (Å²) < 4.78 is 33.0. The lowest BCUT2D eigenvalue weighted by Crippen LogP contribution is -2.45. The second kappa shape index (κ2) is 21.0. The van der Waals surface area contributed by atoms with Crippen molar-refractivity contribution >= 4 is 35.7 Å². The molecule has 298 valence electrons. The number of hydrogen-bond donors (Lipinski definition) is 3. The normalized spacial score (nSPS) is 21.1. The van der Waals surface area contributed by atoms with E-state index < -0.39 is 65.1 Å². The Morgan fingerprint density at radius 3 is 2.08 bits per heavy atom. The molecule has 0 saturated carbocycles. The maximum Gasteiger partial charge on any atom is 0.414 e. The van der Waals surface area contributed by atoms with E-state index in [-0.39, 0.29) is 56.1 Å². The summed E-state index contributed by atoms with van der Waals surface area (Å²) >= 11 is 0. The number of esters is 1. The summed E-state index contributed by atoms with van der Waals surface area (Å²) in [6.45, 7) is 15.1. The molecule has 15 nitrogen and oxygen atoms in total. The van der Waals surface area contributed by atoms with Gasteiger partial charge in [-0.2, -0.15) is 0 Å². The number of methoxy groups -OCH3 is 1. The van der Waals surface area contributed by atoms with Crippen LogP contribution in [-0.2, 0) is 33.2 Å². The van der Waals surface area contributed by atoms with Crippen LogP contribution in [0.15, 0.2) is 30.4 Å². The van der Waals surface area contributed by atoms with E-state index in [0.29, 0.717) is 19.8 Å². The monoisotopic (exact) mass is 750 g/mol. The zero-order chi connectivity index (χ0) is 39.9. The van der Waals surface area contributed by atoms with Gasteiger partial charge in [0.2, 0.25) is 0 Å². The standard InChI is InChI=1S/C38H58N2O13/c1-25-13-14-30(42)33(44)29(41)12-10-11-27-23-28(24-31(43)32(27)34(45)51-26(25)2)40(36(47)53-38(6,7)8)16-15-39(35(46)52-37(3,4)5)17-18-49-21-22-50-20-19-48-9/h10-11,13-14,23-26,29,33,41,43-44H,12,15-22H2,1-9H3/b11-10-,14-13-/t25-,26+,29+,33+/m1/s1. The SMILES string of the molecule is COCCOCCOCCN(CCN(C(=O)OC(C)(C)C)c1cc(O)c2c(c1)/C=C\C[C@H](O)[C@H](O)C(=O)/C=C\[C@@H](C)[C@H](C)OC2=O)C(=O)OC(C)(C)C. The Labute approximate surface area is 312 Å². The number of aliphatic hydroxyl groups excluding tert-OH is 2. The molecular weight excluding hydrogens is 692 g/mol. The average Bonchev–Trinajstić information content (AvgIpc) is 3.04. The minimum Gasteiger partial charge on any atom is -0.507 e. The molecule has 3 N–H and O–H groups in total. The second-order valence-electron chi connectivity index (χ2n) is 14.6. The zero-order valence-corrected chi connectivity index (χ0v) is 32.5. The predicted octanol–water partition coefficient (Wildman–Crippen LogP) is 4.50. The lowest BCUT2D eigenvalue weighted by molar-refractivity contribution is -0.127. The van der Waals surface area contributed by atoms with Crippen LogP contribution < -0.4 is 4.90 Å². The molecule has 53 heavy (non-hydrogen) atoms. The fourth-order valence-electron chi connectivity index (χ4n) is 4.76. The van der Waals surface area contributed by atoms with Crippen LogP contribution in [0.5, 0.6) is 5.75 Å². The maximum atomic E-state index is 13.7. The molecular formula is C38H58N2O13. The predicted molar refractivity (Wildman–Crippen MR) is 197 cm³/mol. The van der Waals surface area contributed by atoms with E-state index in [4.69, 9.17) is 28.4 Å². The van der Waals surface area contributed by atoms with Crippen LogP contribution in [0.4, 0.5) is 15.3 Å². The Bertz CT molecular complexity index is 1430. The number of carbonyl (C=O) groups excluding carboxylic acids is 4. The molecule has 0 aliphatic carbocycles. The molecule has 1 heterocycles. The van der Waals surface area contributed by atoms with E-state index in [1.165, 1.54) is 40.2 Å². The van der Waals surface area contributed by atoms with Gasteiger partial charge < -0.3 is 48.6 Å². The van der Waals surface area contributed by atoms with E-state index in [1.807, 2.05) is 0 Å². The highest BCUT2D eigenvalue weighted by Crippen LogP contribution is 2.32. The largest absolute Gasteiger partial charge is 0.507 e. The molecule has 0 unspecified atom stereocenters. The first-order chi connectivity index (χ1) is 24.7. The molecule has 2 amide bonds. The first-order valence-corrected chi connectivity index (χ1v) is 17.7. The van der Waals surface area contributed by atoms with Crippen molar-refractivity contribution in [2.75, 3.05) is 64.7 Å². The molecule has 0 saturated heterocycles. The van der Waals surface area contributed by atoms with Crippen LogP contribution in [0.2, 0.25) is 0 Å². The number of hydrogen-bond acceptors (Lipinski definition) is 13. The summed E-state index contributed by atoms with van der Waals surface area (Å²) in [5.74, 6) is -2.55. The minimum absolute atomic E-state index is 0.0430. The molecule has 2 rings (SSSR count). The first-order valence-electron chi connectivity index (χ1n) is 17.7. The Balaban J connectivity index is 2.52. The molecule has 0 aromatic heterocycles. The quantitative estimate of drug-likeness (QED) is 0.145. The van der Waals surface area contributed by atoms with Crippen molar-refractivity contribution in [3.63, 3.8) is 0 Å². The van der Waals surface area contributed by atoms with Gasteiger partial charge in [-0.3, -0.25) is 9.69 Å². The van der Waals surface area contributed by atoms with Gasteiger partial charge in [-0.05, 0) is 72.6 Å². The lowest BCUT2D eigenvalue weighted by Gasteiger charge is -2.31. The molecule has 0 bridgehead atoms. The van der Waals surface area contributed by atoms with Crippen LogP contribution in [0.3, 0.4) is 0 Å². The third-order valence-electron chi connectivity index (χ3n) is 7.75. The summed E-state index contributed by atoms with van der Waals surface area (Å²) in [5, 5.41) is 32.2. The fraction of sp³-hybridized carbons (Fsp3) is 0.632. The summed E-state index contributed by atoms with van der Waals surface area (Å²) in [6, 6.07) is 2.67. The highest BCUT2D eigenvalue weighted by molar-refractivity contribution is 5.99. The molecule has 1 aliphatic rings. The molecule has 0 spiro atoms. The van der Waals surface area contributed by atoms with Gasteiger partial charge in [0.05, 0.1) is 44.8 Å². The molecule has 1 aromatic rings. The maximum absolute atomic E-state index is 13.7. The lowest BCUT2D eigenvalue weighted by atomic mass is 9.99. The number of fused-ring (bicyclic) bond motifs is 1. The third kappa shape index (κ3) is 15.9. The van der Waals surface area contributed by atoms with Crippen LogP contribution >= 0.6 is 0 Å². The fourth-order valence-corrected chi connectivity index (χ4v) is 4.76. The van der Waals surface area contributed by atoms with Crippen molar-refractivity contribution in [3.05, 3.63) is 41.5 Å². The van der Waals surface area contributed by atoms with E-state index >= 15 is 0 Å². The van der Waals surface area contributed by atoms with Crippen molar-refractivity contribution in [2.24, 2.45) is 5.92 Å². The van der Waals surface area contributed by atoms with E-state index in [9.17, 15) is 34.5 Å². The summed E-state index contributed by atoms with van der Waals surface area (Å²) in [4.78, 5) is 55.5. The Morgan fingerprint density at radius 2 is 1.45 bits per heavy atom. The van der Waals surface area contributed by atoms with Gasteiger partial charge in [-0.1, -0.05) is 25.2 Å². The number of ether oxygens (including phenoxy) is 6. The van der Waals surface area contributed by atoms with Gasteiger partial charge in [0.15, 0.2) is 5.78 Å². The molecule has 1 aliphatic heterocycles. The van der Waals surface area contributed by atoms with Crippen molar-refractivity contribution in [3.8, 4) is 5.75 Å². The summed E-state index contributed by atoms with van der Waals surface area (Å²) in [5.41, 5.74) is -1.71. The number of anilines is 1. The zero-order valence-electron chi connectivity index (χ0n) is 32.5. The summed E-state index contributed by atoms with van der Waals surface area (Å²) in [6.07, 6.45) is -0.111. The summed E-state index contributed by atoms with van der Waals surface area (Å²) in [7, 11) is 1.58. The molecule has 4 atom stereocenters. The van der Waals surface area contributed by atoms with Crippen LogP contribution in [0, 0.1) is 5.92 Å². The van der Waals surface area contributed by atoms with Gasteiger partial charge >= 0.3 is 18.2 Å². The number of phenolic OH excluding ortho intramolecular Hbond substituents is 1. The van der Waals surface area contributed by atoms with Gasteiger partial charge in [0, 0.05) is 38.7 Å². The van der Waals surface area contributed by atoms with E-state index in [0.717, 1.165) is 6.08 Å². The number of cyclic esters (lactones) is 1. The van der Waals surface area contributed by atoms with Crippen molar-refractivity contribution in [1.82, 2.24) is 4.90 Å². The first kappa shape index (κ1) is 45.1. The Morgan fingerprint density at radius 1 is 0.849 bits per heavy atom. The topological polar surface area (TPSA) is 191 Å². The number of ketones is 1. The van der Waals surface area contributed by atoms with Crippen LogP contribution in [0.1, 0.15) is 77.7 Å². The number of aliphatic hydroxyl groups is 2. The molecule has 1 aromatic carbocycles.